The summed E-state index contributed by atoms with van der Waals surface area (Å²) >= 11 is 1.20. The number of aromatic nitrogens is 1. The van der Waals surface area contributed by atoms with Crippen molar-refractivity contribution in [1.29, 1.82) is 0 Å². The van der Waals surface area contributed by atoms with Crippen LogP contribution in [-0.4, -0.2) is 41.8 Å². The highest BCUT2D eigenvalue weighted by molar-refractivity contribution is 7.16. The molecule has 3 rings (SSSR count). The molecule has 9 nitrogen and oxygen atoms in total. The largest absolute Gasteiger partial charge is 0.464 e. The van der Waals surface area contributed by atoms with E-state index in [2.05, 4.69) is 20.9 Å². The van der Waals surface area contributed by atoms with E-state index in [1.54, 1.807) is 24.3 Å². The van der Waals surface area contributed by atoms with Crippen LogP contribution in [0.1, 0.15) is 45.5 Å². The number of carbonyl (C=O) groups excluding carboxylic acids is 4. The van der Waals surface area contributed by atoms with Crippen LogP contribution in [0.2, 0.25) is 0 Å². The van der Waals surface area contributed by atoms with E-state index in [1.807, 2.05) is 6.92 Å². The van der Waals surface area contributed by atoms with Gasteiger partial charge in [0.25, 0.3) is 5.91 Å². The monoisotopic (exact) mass is 416 g/mol. The maximum Gasteiger partial charge on any atom is 0.357 e. The quantitative estimate of drug-likeness (QED) is 0.618. The lowest BCUT2D eigenvalue weighted by Crippen LogP contribution is -2.41. The van der Waals surface area contributed by atoms with Gasteiger partial charge in [0, 0.05) is 11.3 Å². The van der Waals surface area contributed by atoms with Gasteiger partial charge in [-0.15, -0.1) is 11.3 Å². The van der Waals surface area contributed by atoms with Crippen LogP contribution in [0.15, 0.2) is 24.3 Å². The third-order valence-corrected chi connectivity index (χ3v) is 5.47. The van der Waals surface area contributed by atoms with Crippen LogP contribution in [0.3, 0.4) is 0 Å². The van der Waals surface area contributed by atoms with Gasteiger partial charge in [0.15, 0.2) is 10.8 Å². The molecule has 0 unspecified atom stereocenters. The summed E-state index contributed by atoms with van der Waals surface area (Å²) in [5.41, 5.74) is 0.994. The molecule has 0 spiro atoms. The summed E-state index contributed by atoms with van der Waals surface area (Å²) in [6.07, 6.45) is 0.684. The van der Waals surface area contributed by atoms with Crippen molar-refractivity contribution < 1.29 is 23.9 Å². The number of benzene rings is 1. The number of nitrogens with one attached hydrogen (secondary N) is 3. The maximum atomic E-state index is 12.4. The zero-order valence-electron chi connectivity index (χ0n) is 15.9. The predicted octanol–water partition coefficient (Wildman–Crippen LogP) is 1.96. The first-order valence-electron chi connectivity index (χ1n) is 9.01. The van der Waals surface area contributed by atoms with Crippen molar-refractivity contribution in [3.05, 3.63) is 40.4 Å². The summed E-state index contributed by atoms with van der Waals surface area (Å²) in [5.74, 6) is -1.69. The minimum atomic E-state index is -0.839. The Bertz CT molecular complexity index is 971. The molecule has 1 aliphatic rings. The molecule has 0 aliphatic carbocycles. The molecule has 29 heavy (non-hydrogen) atoms. The van der Waals surface area contributed by atoms with Gasteiger partial charge in [0.1, 0.15) is 6.04 Å². The Balaban J connectivity index is 1.61. The average Bonchev–Trinajstić information content (AvgIpc) is 3.07. The highest BCUT2D eigenvalue weighted by atomic mass is 32.1. The van der Waals surface area contributed by atoms with Crippen molar-refractivity contribution in [2.45, 2.75) is 32.2 Å². The number of anilines is 2. The zero-order valence-corrected chi connectivity index (χ0v) is 16.7. The Morgan fingerprint density at radius 1 is 1.28 bits per heavy atom. The van der Waals surface area contributed by atoms with Gasteiger partial charge in [-0.25, -0.2) is 9.78 Å². The van der Waals surface area contributed by atoms with E-state index in [0.29, 0.717) is 22.5 Å². The molecule has 0 saturated heterocycles. The molecule has 2 aromatic rings. The number of thiazole rings is 1. The highest BCUT2D eigenvalue weighted by Gasteiger charge is 2.28. The van der Waals surface area contributed by atoms with E-state index in [1.165, 1.54) is 18.4 Å². The number of methoxy groups -OCH3 is 1. The Kier molecular flexibility index (Phi) is 6.23. The molecular weight excluding hydrogens is 396 g/mol. The summed E-state index contributed by atoms with van der Waals surface area (Å²) in [7, 11) is 1.27. The van der Waals surface area contributed by atoms with Gasteiger partial charge in [-0.1, -0.05) is 19.1 Å². The van der Waals surface area contributed by atoms with Crippen molar-refractivity contribution in [2.75, 3.05) is 17.7 Å². The molecule has 0 radical (unpaired) electrons. The Morgan fingerprint density at radius 2 is 2.03 bits per heavy atom. The summed E-state index contributed by atoms with van der Waals surface area (Å²) < 4.78 is 4.69. The summed E-state index contributed by atoms with van der Waals surface area (Å²) in [6.45, 7) is 1.87. The van der Waals surface area contributed by atoms with E-state index >= 15 is 0 Å². The van der Waals surface area contributed by atoms with Crippen LogP contribution in [-0.2, 0) is 20.7 Å². The second kappa shape index (κ2) is 8.82. The van der Waals surface area contributed by atoms with E-state index < -0.39 is 12.0 Å². The molecule has 10 heteroatoms. The summed E-state index contributed by atoms with van der Waals surface area (Å²) in [6, 6.07) is 5.86. The minimum Gasteiger partial charge on any atom is -0.464 e. The molecule has 152 valence electrons. The smallest absolute Gasteiger partial charge is 0.357 e. The van der Waals surface area contributed by atoms with Crippen molar-refractivity contribution in [2.24, 2.45) is 0 Å². The van der Waals surface area contributed by atoms with E-state index in [9.17, 15) is 19.2 Å². The normalized spacial score (nSPS) is 15.6. The molecule has 0 fully saturated rings. The van der Waals surface area contributed by atoms with Gasteiger partial charge in [-0.2, -0.15) is 0 Å². The summed E-state index contributed by atoms with van der Waals surface area (Å²) in [5, 5.41) is 8.26. The number of para-hydroxylation sites is 1. The first-order chi connectivity index (χ1) is 13.9. The Hall–Kier alpha value is -3.27. The topological polar surface area (TPSA) is 126 Å². The van der Waals surface area contributed by atoms with Crippen LogP contribution < -0.4 is 16.0 Å². The first-order valence-corrected chi connectivity index (χ1v) is 9.83. The third-order valence-electron chi connectivity index (χ3n) is 4.36. The van der Waals surface area contributed by atoms with Crippen molar-refractivity contribution >= 4 is 45.8 Å². The van der Waals surface area contributed by atoms with Crippen LogP contribution in [0.4, 0.5) is 10.8 Å². The number of rotatable bonds is 6. The van der Waals surface area contributed by atoms with Gasteiger partial charge in [0.2, 0.25) is 11.8 Å². The number of fused-ring (bicyclic) bond motifs is 1. The molecule has 0 bridgehead atoms. The van der Waals surface area contributed by atoms with Gasteiger partial charge in [-0.05, 0) is 25.0 Å². The van der Waals surface area contributed by atoms with Crippen LogP contribution in [0.5, 0.6) is 0 Å². The van der Waals surface area contributed by atoms with E-state index in [0.717, 1.165) is 0 Å². The van der Waals surface area contributed by atoms with Crippen LogP contribution >= 0.6 is 11.3 Å². The molecule has 2 heterocycles. The average molecular weight is 416 g/mol. The molecule has 1 aromatic carbocycles. The van der Waals surface area contributed by atoms with Crippen molar-refractivity contribution in [3.8, 4) is 0 Å². The minimum absolute atomic E-state index is 0.0106. The van der Waals surface area contributed by atoms with E-state index in [4.69, 9.17) is 4.74 Å². The zero-order chi connectivity index (χ0) is 21.0. The van der Waals surface area contributed by atoms with Gasteiger partial charge >= 0.3 is 5.97 Å². The number of esters is 1. The number of nitrogens with zero attached hydrogens (tertiary/aromatic N) is 1. The van der Waals surface area contributed by atoms with Gasteiger partial charge in [-0.3, -0.25) is 14.4 Å². The lowest BCUT2D eigenvalue weighted by molar-refractivity contribution is -0.118. The molecule has 1 aliphatic heterocycles. The lowest BCUT2D eigenvalue weighted by atomic mass is 10.1. The van der Waals surface area contributed by atoms with E-state index in [-0.39, 0.29) is 41.4 Å². The number of hydrogen-bond acceptors (Lipinski definition) is 7. The number of hydrogen-bond donors (Lipinski definition) is 3. The summed E-state index contributed by atoms with van der Waals surface area (Å²) in [4.78, 5) is 53.5. The fourth-order valence-electron chi connectivity index (χ4n) is 2.87. The SMILES string of the molecule is CCc1sc(NC(=O)CC[C@@H]2NC(=O)c3ccccc3NC2=O)nc1C(=O)OC. The number of carbonyl (C=O) groups is 4. The second-order valence-corrected chi connectivity index (χ2v) is 7.37. The number of amides is 3. The third kappa shape index (κ3) is 4.60. The van der Waals surface area contributed by atoms with Crippen molar-refractivity contribution in [1.82, 2.24) is 10.3 Å². The highest BCUT2D eigenvalue weighted by Crippen LogP contribution is 2.25. The fraction of sp³-hybridized carbons (Fsp3) is 0.316. The van der Waals surface area contributed by atoms with Gasteiger partial charge < -0.3 is 20.7 Å². The molecule has 3 amide bonds. The number of ether oxygens (including phenoxy) is 1. The molecule has 0 saturated carbocycles. The Labute approximate surface area is 170 Å². The van der Waals surface area contributed by atoms with Crippen molar-refractivity contribution in [3.63, 3.8) is 0 Å². The molecular formula is C19H20N4O5S. The molecule has 1 atom stereocenters. The van der Waals surface area contributed by atoms with Crippen LogP contribution in [0, 0.1) is 0 Å². The van der Waals surface area contributed by atoms with Gasteiger partial charge in [0.05, 0.1) is 18.4 Å². The maximum absolute atomic E-state index is 12.4. The Morgan fingerprint density at radius 3 is 2.76 bits per heavy atom. The standard InChI is InChI=1S/C19H20N4O5S/c1-3-13-15(18(27)28-2)23-19(29-13)22-14(24)9-8-12-17(26)20-11-7-5-4-6-10(11)16(25)21-12/h4-7,12H,3,8-9H2,1-2H3,(H,20,26)(H,21,25)(H,22,23,24)/t12-/m0/s1. The molecule has 1 aromatic heterocycles. The lowest BCUT2D eigenvalue weighted by Gasteiger charge is -2.13. The predicted molar refractivity (Wildman–Crippen MR) is 107 cm³/mol. The number of aryl methyl sites for hydroxylation is 1. The second-order valence-electron chi connectivity index (χ2n) is 6.28. The fourth-order valence-corrected chi connectivity index (χ4v) is 3.78. The first kappa shape index (κ1) is 20.5. The molecule has 3 N–H and O–H groups in total. The van der Waals surface area contributed by atoms with Crippen LogP contribution in [0.25, 0.3) is 0 Å².